The van der Waals surface area contributed by atoms with E-state index in [1.807, 2.05) is 13.0 Å². The SMILES string of the molecule is C[C@@H]1OC[C@@]2([CH-][O][Po])C=CC(=O)N12.[Rf]. The van der Waals surface area contributed by atoms with E-state index < -0.39 is 5.54 Å². The van der Waals surface area contributed by atoms with E-state index in [1.165, 1.54) is 0 Å². The zero-order valence-corrected chi connectivity index (χ0v) is 17.4. The number of ether oxygens (including phenoxy) is 1. The Morgan fingerprint density at radius 2 is 2.57 bits per heavy atom. The largest absolute Gasteiger partial charge is 0 e. The average Bonchev–Trinajstić information content (AvgIpc) is 2.56. The molecule has 1 radical (unpaired) electrons. The van der Waals surface area contributed by atoms with Gasteiger partial charge in [-0.3, -0.25) is 0 Å². The summed E-state index contributed by atoms with van der Waals surface area (Å²) in [7, 11) is 0. The summed E-state index contributed by atoms with van der Waals surface area (Å²) in [6.07, 6.45) is 3.25. The fourth-order valence-corrected chi connectivity index (χ4v) is 2.41. The van der Waals surface area contributed by atoms with E-state index in [0.717, 1.165) is 25.5 Å². The van der Waals surface area contributed by atoms with Crippen molar-refractivity contribution in [3.63, 3.8) is 0 Å². The monoisotopic (exact) mass is 643 g/mol. The Kier molecular flexibility index (Phi) is 2.89. The number of fused-ring (bicyclic) bond motifs is 1. The second-order valence-corrected chi connectivity index (χ2v) is 3.91. The molecule has 1 fully saturated rings. The predicted octanol–water partition coefficient (Wildman–Crippen LogP) is -0.238. The molecule has 0 aromatic rings. The van der Waals surface area contributed by atoms with Crippen molar-refractivity contribution in [3.05, 3.63) is 18.8 Å². The minimum absolute atomic E-state index is 0. The molecule has 0 bridgehead atoms. The van der Waals surface area contributed by atoms with Gasteiger partial charge in [-0.2, -0.15) is 0 Å². The summed E-state index contributed by atoms with van der Waals surface area (Å²) in [4.78, 5) is 13.1. The van der Waals surface area contributed by atoms with Gasteiger partial charge in [0.25, 0.3) is 0 Å². The number of rotatable bonds is 2. The molecule has 0 aliphatic carbocycles. The van der Waals surface area contributed by atoms with Crippen molar-refractivity contribution in [2.45, 2.75) is 18.7 Å². The zero-order chi connectivity index (χ0) is 9.47. The maximum absolute atomic E-state index is 11.4. The first kappa shape index (κ1) is 11.1. The summed E-state index contributed by atoms with van der Waals surface area (Å²) in [5, 5.41) is 0. The number of amides is 1. The van der Waals surface area contributed by atoms with Gasteiger partial charge in [0.05, 0.1) is 0 Å². The summed E-state index contributed by atoms with van der Waals surface area (Å²) in [6.45, 7) is 4.03. The van der Waals surface area contributed by atoms with Gasteiger partial charge in [-0.05, 0) is 0 Å². The molecule has 2 atom stereocenters. The van der Waals surface area contributed by atoms with Crippen molar-refractivity contribution in [2.24, 2.45) is 0 Å². The van der Waals surface area contributed by atoms with Crippen molar-refractivity contribution in [1.82, 2.24) is 4.90 Å². The molecule has 0 N–H and O–H groups in total. The van der Waals surface area contributed by atoms with Gasteiger partial charge in [0.1, 0.15) is 0 Å². The minimum atomic E-state index is -0.446. The number of nitrogens with zero attached hydrogens (tertiary/aromatic N) is 1. The van der Waals surface area contributed by atoms with Crippen LogP contribution in [-0.4, -0.2) is 54.7 Å². The molecule has 1 amide bonds. The number of hydrogen-bond acceptors (Lipinski definition) is 3. The Hall–Kier alpha value is -0.974. The van der Waals surface area contributed by atoms with Crippen LogP contribution in [0.25, 0.3) is 0 Å². The Labute approximate surface area is 92.6 Å². The second kappa shape index (κ2) is 3.65. The van der Waals surface area contributed by atoms with Crippen LogP contribution in [0, 0.1) is 6.61 Å². The van der Waals surface area contributed by atoms with E-state index in [1.54, 1.807) is 17.6 Å². The molecule has 0 spiro atoms. The van der Waals surface area contributed by atoms with Crippen molar-refractivity contribution in [2.75, 3.05) is 6.61 Å². The molecule has 1 saturated heterocycles. The van der Waals surface area contributed by atoms with Gasteiger partial charge < -0.3 is 0 Å². The van der Waals surface area contributed by atoms with E-state index in [0.29, 0.717) is 6.61 Å². The number of carbonyl (C=O) groups is 1. The first-order valence-electron chi connectivity index (χ1n) is 3.97. The topological polar surface area (TPSA) is 38.8 Å². The van der Waals surface area contributed by atoms with Crippen LogP contribution >= 0.6 is 0 Å². The van der Waals surface area contributed by atoms with Gasteiger partial charge in [0.2, 0.25) is 0 Å². The molecule has 0 saturated carbocycles. The fourth-order valence-electron chi connectivity index (χ4n) is 1.76. The van der Waals surface area contributed by atoms with Crippen LogP contribution in [0.2, 0.25) is 0 Å². The summed E-state index contributed by atoms with van der Waals surface area (Å²) in [5.41, 5.74) is -0.446. The summed E-state index contributed by atoms with van der Waals surface area (Å²) in [5.74, 6) is -0.00620. The molecule has 4 nitrogen and oxygen atoms in total. The van der Waals surface area contributed by atoms with Crippen LogP contribution in [0.4, 0.5) is 0 Å². The van der Waals surface area contributed by atoms with Crippen molar-refractivity contribution < 1.29 is 12.3 Å². The third-order valence-corrected chi connectivity index (χ3v) is 2.75. The normalized spacial score (nSPS) is 34.6. The standard InChI is InChI=1S/C8H9NO3.Po.Rf/c1-6-9-7(11)2-3-8(9,4-10)5-12-6;;/h2-4,6H,5H2,1H3;;/q-2;+1;/t6-,8-;;/m0../s1. The van der Waals surface area contributed by atoms with Gasteiger partial charge in [-0.25, -0.2) is 0 Å². The molecule has 0 unspecified atom stereocenters. The second-order valence-electron chi connectivity index (χ2n) is 3.16. The van der Waals surface area contributed by atoms with Crippen LogP contribution in [0.1, 0.15) is 6.92 Å². The van der Waals surface area contributed by atoms with Crippen LogP contribution in [0.3, 0.4) is 0 Å². The van der Waals surface area contributed by atoms with Crippen LogP contribution in [0.5, 0.6) is 0 Å². The molecule has 2 heterocycles. The third kappa shape index (κ3) is 1.32. The van der Waals surface area contributed by atoms with Gasteiger partial charge >= 0.3 is 92.7 Å². The van der Waals surface area contributed by atoms with E-state index in [-0.39, 0.29) is 12.1 Å². The molecule has 14 heavy (non-hydrogen) atoms. The quantitative estimate of drug-likeness (QED) is 0.391. The van der Waals surface area contributed by atoms with E-state index in [4.69, 9.17) is 7.51 Å². The number of hydrogen-bond donors (Lipinski definition) is 0. The predicted molar refractivity (Wildman–Crippen MR) is 45.3 cm³/mol. The van der Waals surface area contributed by atoms with Crippen LogP contribution in [0.15, 0.2) is 12.2 Å². The molecule has 0 aromatic carbocycles. The van der Waals surface area contributed by atoms with E-state index >= 15 is 0 Å². The summed E-state index contributed by atoms with van der Waals surface area (Å²) in [6, 6.07) is 0. The van der Waals surface area contributed by atoms with Crippen LogP contribution in [-0.2, 0) is 12.3 Å². The number of carbonyl (C=O) groups excluding carboxylic acids is 1. The van der Waals surface area contributed by atoms with Gasteiger partial charge in [0.15, 0.2) is 0 Å². The van der Waals surface area contributed by atoms with Gasteiger partial charge in [0, 0.05) is 0 Å². The molecular formula is C8H9NO3PoRf-. The Bertz CT molecular complexity index is 269. The molecule has 6 heteroatoms. The maximum atomic E-state index is 11.4. The van der Waals surface area contributed by atoms with Crippen LogP contribution < -0.4 is 0 Å². The van der Waals surface area contributed by atoms with Gasteiger partial charge in [-0.15, -0.1) is 0 Å². The Balaban J connectivity index is 0.000000980. The van der Waals surface area contributed by atoms with E-state index in [9.17, 15) is 4.79 Å². The smallest absolute Gasteiger partial charge is 0 e. The summed E-state index contributed by atoms with van der Waals surface area (Å²) >= 11 is 1.01. The Morgan fingerprint density at radius 3 is 3.21 bits per heavy atom. The molecular weight excluding hydrogens is 634 g/mol. The fraction of sp³-hybridized carbons (Fsp3) is 0.500. The molecule has 73 valence electrons. The molecule has 0 aromatic heterocycles. The Morgan fingerprint density at radius 1 is 1.86 bits per heavy atom. The third-order valence-electron chi connectivity index (χ3n) is 2.37. The van der Waals surface area contributed by atoms with Gasteiger partial charge in [-0.1, -0.05) is 0 Å². The average molecular weight is 643 g/mol. The minimum Gasteiger partial charge on any atom is 0 e. The zero-order valence-electron chi connectivity index (χ0n) is 7.80. The molecule has 2 aliphatic rings. The van der Waals surface area contributed by atoms with E-state index in [2.05, 4.69) is 0 Å². The molecule has 2 rings (SSSR count). The first-order chi connectivity index (χ1) is 6.19. The van der Waals surface area contributed by atoms with Crippen molar-refractivity contribution in [1.29, 1.82) is 0 Å². The first-order valence-corrected chi connectivity index (χ1v) is 5.26. The van der Waals surface area contributed by atoms with Crippen molar-refractivity contribution >= 4 is 31.4 Å². The summed E-state index contributed by atoms with van der Waals surface area (Å²) < 4.78 is 10.5. The van der Waals surface area contributed by atoms with Crippen molar-refractivity contribution in [3.8, 4) is 0 Å². The maximum Gasteiger partial charge on any atom is 0 e. The molecule has 2 aliphatic heterocycles.